The molecule has 3 heterocycles. The van der Waals surface area contributed by atoms with Crippen LogP contribution < -0.4 is 14.4 Å². The van der Waals surface area contributed by atoms with Gasteiger partial charge >= 0.3 is 0 Å². The van der Waals surface area contributed by atoms with Gasteiger partial charge in [-0.05, 0) is 44.2 Å². The van der Waals surface area contributed by atoms with Crippen LogP contribution in [0.25, 0.3) is 0 Å². The number of hydrogen-bond acceptors (Lipinski definition) is 9. The van der Waals surface area contributed by atoms with Crippen molar-refractivity contribution in [1.29, 1.82) is 0 Å². The molecule has 0 radical (unpaired) electrons. The lowest BCUT2D eigenvalue weighted by Crippen LogP contribution is -2.43. The molecule has 2 aliphatic heterocycles. The molecule has 1 aromatic carbocycles. The second-order valence-corrected chi connectivity index (χ2v) is 9.13. The Bertz CT molecular complexity index is 896. The Morgan fingerprint density at radius 2 is 1.91 bits per heavy atom. The monoisotopic (exact) mass is 471 g/mol. The van der Waals surface area contributed by atoms with Crippen molar-refractivity contribution in [2.75, 3.05) is 77.6 Å². The summed E-state index contributed by atoms with van der Waals surface area (Å²) in [5, 5.41) is 11.2. The molecule has 34 heavy (non-hydrogen) atoms. The van der Waals surface area contributed by atoms with Gasteiger partial charge in [0, 0.05) is 51.7 Å². The number of nitrogens with zero attached hydrogens (tertiary/aromatic N) is 5. The molecule has 186 valence electrons. The summed E-state index contributed by atoms with van der Waals surface area (Å²) in [7, 11) is 2.03. The summed E-state index contributed by atoms with van der Waals surface area (Å²) in [5.74, 6) is 2.21. The first-order chi connectivity index (χ1) is 16.5. The van der Waals surface area contributed by atoms with Gasteiger partial charge in [0.1, 0.15) is 6.61 Å². The van der Waals surface area contributed by atoms with Crippen LogP contribution in [0.15, 0.2) is 36.7 Å². The van der Waals surface area contributed by atoms with E-state index in [4.69, 9.17) is 14.2 Å². The van der Waals surface area contributed by atoms with E-state index in [-0.39, 0.29) is 0 Å². The van der Waals surface area contributed by atoms with Gasteiger partial charge in [0.25, 0.3) is 0 Å². The molecule has 0 aliphatic carbocycles. The number of aromatic nitrogens is 2. The molecule has 0 spiro atoms. The first-order valence-corrected chi connectivity index (χ1v) is 12.2. The minimum absolute atomic E-state index is 0.529. The van der Waals surface area contributed by atoms with E-state index >= 15 is 0 Å². The molecule has 9 heteroatoms. The lowest BCUT2D eigenvalue weighted by atomic mass is 10.0. The predicted octanol–water partition coefficient (Wildman–Crippen LogP) is 1.66. The van der Waals surface area contributed by atoms with E-state index in [1.807, 2.05) is 31.0 Å². The summed E-state index contributed by atoms with van der Waals surface area (Å²) in [6.45, 7) is 10.1. The molecule has 1 aromatic heterocycles. The fraction of sp³-hybridized carbons (Fsp3) is 0.600. The Balaban J connectivity index is 1.30. The van der Waals surface area contributed by atoms with E-state index in [1.165, 1.54) is 0 Å². The zero-order valence-electron chi connectivity index (χ0n) is 20.4. The van der Waals surface area contributed by atoms with Crippen molar-refractivity contribution < 1.29 is 19.3 Å². The minimum atomic E-state index is -0.792. The molecule has 2 aromatic rings. The molecule has 4 rings (SSSR count). The Kier molecular flexibility index (Phi) is 8.55. The molecule has 0 bridgehead atoms. The third-order valence-electron chi connectivity index (χ3n) is 6.26. The predicted molar refractivity (Wildman–Crippen MR) is 131 cm³/mol. The number of benzene rings is 1. The Hall–Kier alpha value is -2.46. The number of ether oxygens (including phenoxy) is 3. The molecule has 1 atom stereocenters. The van der Waals surface area contributed by atoms with E-state index in [2.05, 4.69) is 25.8 Å². The van der Waals surface area contributed by atoms with Crippen molar-refractivity contribution in [1.82, 2.24) is 19.8 Å². The van der Waals surface area contributed by atoms with E-state index in [0.29, 0.717) is 45.2 Å². The topological polar surface area (TPSA) is 83.4 Å². The average Bonchev–Trinajstić information content (AvgIpc) is 3.23. The second kappa shape index (κ2) is 11.8. The van der Waals surface area contributed by atoms with Crippen molar-refractivity contribution in [3.05, 3.63) is 42.2 Å². The fourth-order valence-electron chi connectivity index (χ4n) is 4.63. The van der Waals surface area contributed by atoms with E-state index < -0.39 is 5.60 Å². The molecule has 9 nitrogen and oxygen atoms in total. The zero-order chi connectivity index (χ0) is 23.8. The number of hydrogen-bond donors (Lipinski definition) is 1. The smallest absolute Gasteiger partial charge is 0.225 e. The second-order valence-electron chi connectivity index (χ2n) is 9.13. The quantitative estimate of drug-likeness (QED) is 0.526. The summed E-state index contributed by atoms with van der Waals surface area (Å²) >= 11 is 0. The number of aliphatic hydroxyl groups is 1. The standard InChI is InChI=1S/C25H37N5O4/c1-3-33-23-17-21(5-6-22(23)34-16-13-29-11-14-32-15-12-29)18-28(2)19-25(31)7-10-30(20-25)24-26-8-4-9-27-24/h4-6,8-9,17,31H,3,7,10-16,18-20H2,1-2H3/t25-/m1/s1. The third-order valence-corrected chi connectivity index (χ3v) is 6.26. The van der Waals surface area contributed by atoms with E-state index in [1.54, 1.807) is 18.5 Å². The van der Waals surface area contributed by atoms with Crippen LogP contribution in [0.1, 0.15) is 18.9 Å². The summed E-state index contributed by atoms with van der Waals surface area (Å²) < 4.78 is 17.3. The minimum Gasteiger partial charge on any atom is -0.490 e. The highest BCUT2D eigenvalue weighted by molar-refractivity contribution is 5.43. The summed E-state index contributed by atoms with van der Waals surface area (Å²) in [6, 6.07) is 7.92. The highest BCUT2D eigenvalue weighted by Crippen LogP contribution is 2.30. The molecule has 2 aliphatic rings. The summed E-state index contributed by atoms with van der Waals surface area (Å²) in [5.41, 5.74) is 0.329. The molecule has 2 fully saturated rings. The summed E-state index contributed by atoms with van der Waals surface area (Å²) in [4.78, 5) is 15.2. The van der Waals surface area contributed by atoms with Crippen molar-refractivity contribution >= 4 is 5.95 Å². The molecular weight excluding hydrogens is 434 g/mol. The molecule has 2 saturated heterocycles. The summed E-state index contributed by atoms with van der Waals surface area (Å²) in [6.07, 6.45) is 4.16. The first-order valence-electron chi connectivity index (χ1n) is 12.2. The molecule has 0 amide bonds. The molecule has 1 N–H and O–H groups in total. The number of morpholine rings is 1. The number of anilines is 1. The van der Waals surface area contributed by atoms with Gasteiger partial charge in [-0.25, -0.2) is 9.97 Å². The van der Waals surface area contributed by atoms with Gasteiger partial charge in [-0.2, -0.15) is 0 Å². The van der Waals surface area contributed by atoms with Crippen molar-refractivity contribution in [3.63, 3.8) is 0 Å². The third kappa shape index (κ3) is 6.79. The van der Waals surface area contributed by atoms with Gasteiger partial charge in [-0.1, -0.05) is 6.07 Å². The van der Waals surface area contributed by atoms with Gasteiger partial charge in [0.05, 0.1) is 32.0 Å². The maximum atomic E-state index is 11.2. The number of likely N-dealkylation sites (N-methyl/N-ethyl adjacent to an activating group) is 1. The van der Waals surface area contributed by atoms with Crippen LogP contribution in [-0.4, -0.2) is 103 Å². The molecular formula is C25H37N5O4. The number of β-amino-alcohol motifs (C(OH)–C–C–N with tert-alkyl or cyclic N) is 1. The first kappa shape index (κ1) is 24.7. The van der Waals surface area contributed by atoms with E-state index in [0.717, 1.165) is 56.5 Å². The fourth-order valence-corrected chi connectivity index (χ4v) is 4.63. The van der Waals surface area contributed by atoms with Crippen LogP contribution in [0, 0.1) is 0 Å². The van der Waals surface area contributed by atoms with Gasteiger partial charge in [0.15, 0.2) is 11.5 Å². The van der Waals surface area contributed by atoms with E-state index in [9.17, 15) is 5.11 Å². The zero-order valence-corrected chi connectivity index (χ0v) is 20.4. The highest BCUT2D eigenvalue weighted by atomic mass is 16.5. The van der Waals surface area contributed by atoms with Crippen molar-refractivity contribution in [3.8, 4) is 11.5 Å². The van der Waals surface area contributed by atoms with Crippen molar-refractivity contribution in [2.24, 2.45) is 0 Å². The van der Waals surface area contributed by atoms with Gasteiger partial charge in [-0.3, -0.25) is 9.80 Å². The normalized spacial score (nSPS) is 21.2. The Morgan fingerprint density at radius 3 is 2.68 bits per heavy atom. The molecule has 0 saturated carbocycles. The van der Waals surface area contributed by atoms with Crippen LogP contribution in [-0.2, 0) is 11.3 Å². The maximum Gasteiger partial charge on any atom is 0.225 e. The van der Waals surface area contributed by atoms with Crippen LogP contribution in [0.4, 0.5) is 5.95 Å². The highest BCUT2D eigenvalue weighted by Gasteiger charge is 2.38. The lowest BCUT2D eigenvalue weighted by molar-refractivity contribution is 0.0278. The van der Waals surface area contributed by atoms with Crippen LogP contribution >= 0.6 is 0 Å². The Morgan fingerprint density at radius 1 is 1.12 bits per heavy atom. The largest absolute Gasteiger partial charge is 0.490 e. The van der Waals surface area contributed by atoms with Gasteiger partial charge < -0.3 is 24.2 Å². The SMILES string of the molecule is CCOc1cc(CN(C)C[C@]2(O)CCN(c3ncccn3)C2)ccc1OCCN1CCOCC1. The number of rotatable bonds is 11. The lowest BCUT2D eigenvalue weighted by Gasteiger charge is -2.29. The van der Waals surface area contributed by atoms with Gasteiger partial charge in [0.2, 0.25) is 5.95 Å². The van der Waals surface area contributed by atoms with Crippen LogP contribution in [0.2, 0.25) is 0 Å². The van der Waals surface area contributed by atoms with Crippen molar-refractivity contribution in [2.45, 2.75) is 25.5 Å². The maximum absolute atomic E-state index is 11.2. The average molecular weight is 472 g/mol. The van der Waals surface area contributed by atoms with Crippen LogP contribution in [0.5, 0.6) is 11.5 Å². The van der Waals surface area contributed by atoms with Gasteiger partial charge in [-0.15, -0.1) is 0 Å². The Labute approximate surface area is 202 Å². The van der Waals surface area contributed by atoms with Crippen LogP contribution in [0.3, 0.4) is 0 Å². The molecule has 0 unspecified atom stereocenters.